The molecular formula is C19H27N5. The largest absolute Gasteiger partial charge is 0.363 e. The Morgan fingerprint density at radius 3 is 2.96 bits per heavy atom. The van der Waals surface area contributed by atoms with Crippen molar-refractivity contribution < 1.29 is 0 Å². The fourth-order valence-corrected chi connectivity index (χ4v) is 4.00. The molecule has 1 saturated heterocycles. The van der Waals surface area contributed by atoms with Gasteiger partial charge in [-0.15, -0.1) is 0 Å². The number of pyridine rings is 1. The van der Waals surface area contributed by atoms with E-state index in [1.54, 1.807) is 0 Å². The van der Waals surface area contributed by atoms with Crippen LogP contribution in [0.2, 0.25) is 0 Å². The number of likely N-dealkylation sites (tertiary alicyclic amines) is 1. The minimum absolute atomic E-state index is 0.437. The zero-order chi connectivity index (χ0) is 16.5. The second-order valence-electron chi connectivity index (χ2n) is 7.30. The van der Waals surface area contributed by atoms with E-state index in [-0.39, 0.29) is 0 Å². The average Bonchev–Trinajstić information content (AvgIpc) is 3.21. The second-order valence-corrected chi connectivity index (χ2v) is 7.30. The number of H-pyrrole nitrogens is 1. The predicted octanol–water partition coefficient (Wildman–Crippen LogP) is 3.09. The molecule has 1 atom stereocenters. The van der Waals surface area contributed by atoms with Crippen molar-refractivity contribution in [2.24, 2.45) is 0 Å². The summed E-state index contributed by atoms with van der Waals surface area (Å²) in [6, 6.07) is 4.77. The van der Waals surface area contributed by atoms with E-state index in [1.807, 2.05) is 20.3 Å². The Kier molecular flexibility index (Phi) is 4.27. The predicted molar refractivity (Wildman–Crippen MR) is 96.2 cm³/mol. The molecule has 2 aromatic rings. The van der Waals surface area contributed by atoms with Crippen LogP contribution >= 0.6 is 0 Å². The fourth-order valence-electron chi connectivity index (χ4n) is 4.00. The van der Waals surface area contributed by atoms with Crippen molar-refractivity contribution in [3.63, 3.8) is 0 Å². The number of hydrogen-bond donors (Lipinski definition) is 1. The molecule has 1 fully saturated rings. The molecule has 0 unspecified atom stereocenters. The Hall–Kier alpha value is -1.88. The van der Waals surface area contributed by atoms with Crippen LogP contribution < -0.4 is 4.90 Å². The number of aromatic amines is 1. The van der Waals surface area contributed by atoms with Gasteiger partial charge >= 0.3 is 0 Å². The van der Waals surface area contributed by atoms with Crippen LogP contribution in [-0.4, -0.2) is 40.5 Å². The van der Waals surface area contributed by atoms with Gasteiger partial charge in [0.25, 0.3) is 0 Å². The second kappa shape index (κ2) is 6.55. The van der Waals surface area contributed by atoms with Crippen LogP contribution in [-0.2, 0) is 19.4 Å². The van der Waals surface area contributed by atoms with E-state index in [4.69, 9.17) is 4.98 Å². The summed E-state index contributed by atoms with van der Waals surface area (Å²) in [4.78, 5) is 17.7. The summed E-state index contributed by atoms with van der Waals surface area (Å²) in [7, 11) is 4.08. The monoisotopic (exact) mass is 325 g/mol. The molecule has 0 spiro atoms. The first-order valence-electron chi connectivity index (χ1n) is 9.14. The Morgan fingerprint density at radius 1 is 1.25 bits per heavy atom. The number of nitrogens with one attached hydrogen (secondary N) is 1. The van der Waals surface area contributed by atoms with E-state index in [0.29, 0.717) is 6.04 Å². The van der Waals surface area contributed by atoms with Gasteiger partial charge in [-0.3, -0.25) is 4.90 Å². The smallest absolute Gasteiger partial charge is 0.128 e. The topological polar surface area (TPSA) is 48.0 Å². The number of aromatic nitrogens is 3. The van der Waals surface area contributed by atoms with Crippen LogP contribution in [0.5, 0.6) is 0 Å². The van der Waals surface area contributed by atoms with Gasteiger partial charge in [-0.25, -0.2) is 9.97 Å². The Labute approximate surface area is 144 Å². The Bertz CT molecular complexity index is 682. The number of hydrogen-bond acceptors (Lipinski definition) is 4. The van der Waals surface area contributed by atoms with Crippen molar-refractivity contribution in [2.45, 2.75) is 51.1 Å². The summed E-state index contributed by atoms with van der Waals surface area (Å²) in [6.45, 7) is 2.12. The maximum absolute atomic E-state index is 4.95. The normalized spacial score (nSPS) is 21.0. The minimum Gasteiger partial charge on any atom is -0.363 e. The lowest BCUT2D eigenvalue weighted by molar-refractivity contribution is 0.240. The molecule has 0 radical (unpaired) electrons. The van der Waals surface area contributed by atoms with E-state index in [1.165, 1.54) is 54.9 Å². The number of rotatable bonds is 4. The highest BCUT2D eigenvalue weighted by Crippen LogP contribution is 2.33. The van der Waals surface area contributed by atoms with Gasteiger partial charge in [0.05, 0.1) is 11.7 Å². The molecule has 2 aliphatic rings. The summed E-state index contributed by atoms with van der Waals surface area (Å²) in [5.41, 5.74) is 4.04. The van der Waals surface area contributed by atoms with Crippen LogP contribution in [0.3, 0.4) is 0 Å². The molecule has 1 aliphatic carbocycles. The van der Waals surface area contributed by atoms with Crippen molar-refractivity contribution in [2.75, 3.05) is 25.5 Å². The molecule has 4 rings (SSSR count). The number of aryl methyl sites for hydroxylation is 2. The number of imidazole rings is 1. The van der Waals surface area contributed by atoms with Gasteiger partial charge in [-0.1, -0.05) is 0 Å². The van der Waals surface area contributed by atoms with Gasteiger partial charge in [0, 0.05) is 32.5 Å². The first-order valence-corrected chi connectivity index (χ1v) is 9.14. The summed E-state index contributed by atoms with van der Waals surface area (Å²) in [6.07, 6.45) is 9.28. The molecule has 3 heterocycles. The zero-order valence-electron chi connectivity index (χ0n) is 14.8. The standard InChI is InChI=1S/C19H27N5/c1-23(2)18-12-14(9-10-20-18)13-24-11-5-8-17(24)19-21-15-6-3-4-7-16(15)22-19/h9-10,12,17H,3-8,11,13H2,1-2H3,(H,21,22)/t17-/m0/s1. The van der Waals surface area contributed by atoms with Gasteiger partial charge in [0.2, 0.25) is 0 Å². The van der Waals surface area contributed by atoms with E-state index >= 15 is 0 Å². The van der Waals surface area contributed by atoms with E-state index in [0.717, 1.165) is 25.3 Å². The van der Waals surface area contributed by atoms with Gasteiger partial charge < -0.3 is 9.88 Å². The lowest BCUT2D eigenvalue weighted by Crippen LogP contribution is -2.24. The van der Waals surface area contributed by atoms with Crippen molar-refractivity contribution in [1.29, 1.82) is 0 Å². The molecule has 0 amide bonds. The molecular weight excluding hydrogens is 298 g/mol. The van der Waals surface area contributed by atoms with Crippen LogP contribution in [0.15, 0.2) is 18.3 Å². The van der Waals surface area contributed by atoms with E-state index in [9.17, 15) is 0 Å². The van der Waals surface area contributed by atoms with Gasteiger partial charge in [0.15, 0.2) is 0 Å². The maximum Gasteiger partial charge on any atom is 0.128 e. The van der Waals surface area contributed by atoms with Crippen LogP contribution in [0, 0.1) is 0 Å². The Morgan fingerprint density at radius 2 is 2.12 bits per heavy atom. The third kappa shape index (κ3) is 3.05. The van der Waals surface area contributed by atoms with Crippen molar-refractivity contribution >= 4 is 5.82 Å². The molecule has 0 saturated carbocycles. The molecule has 1 aliphatic heterocycles. The molecule has 5 heteroatoms. The molecule has 0 aromatic carbocycles. The van der Waals surface area contributed by atoms with Crippen LogP contribution in [0.1, 0.15) is 54.5 Å². The third-order valence-electron chi connectivity index (χ3n) is 5.31. The Balaban J connectivity index is 1.52. The number of fused-ring (bicyclic) bond motifs is 1. The molecule has 1 N–H and O–H groups in total. The highest BCUT2D eigenvalue weighted by Gasteiger charge is 2.29. The van der Waals surface area contributed by atoms with Gasteiger partial charge in [-0.05, 0) is 62.8 Å². The van der Waals surface area contributed by atoms with Crippen molar-refractivity contribution in [1.82, 2.24) is 19.9 Å². The molecule has 2 aromatic heterocycles. The summed E-state index contributed by atoms with van der Waals surface area (Å²) in [5.74, 6) is 2.22. The summed E-state index contributed by atoms with van der Waals surface area (Å²) < 4.78 is 0. The quantitative estimate of drug-likeness (QED) is 0.938. The average molecular weight is 325 g/mol. The molecule has 128 valence electrons. The maximum atomic E-state index is 4.95. The molecule has 0 bridgehead atoms. The van der Waals surface area contributed by atoms with Crippen LogP contribution in [0.25, 0.3) is 0 Å². The van der Waals surface area contributed by atoms with E-state index in [2.05, 4.69) is 31.9 Å². The number of nitrogens with zero attached hydrogens (tertiary/aromatic N) is 4. The zero-order valence-corrected chi connectivity index (χ0v) is 14.8. The molecule has 5 nitrogen and oxygen atoms in total. The van der Waals surface area contributed by atoms with Gasteiger partial charge in [-0.2, -0.15) is 0 Å². The number of anilines is 1. The lowest BCUT2D eigenvalue weighted by Gasteiger charge is -2.23. The summed E-state index contributed by atoms with van der Waals surface area (Å²) in [5, 5.41) is 0. The van der Waals surface area contributed by atoms with Crippen LogP contribution in [0.4, 0.5) is 5.82 Å². The highest BCUT2D eigenvalue weighted by atomic mass is 15.2. The minimum atomic E-state index is 0.437. The van der Waals surface area contributed by atoms with Gasteiger partial charge in [0.1, 0.15) is 11.6 Å². The SMILES string of the molecule is CN(C)c1cc(CN2CCC[C@H]2c2nc3c([nH]2)CCCC3)ccn1. The first-order chi connectivity index (χ1) is 11.7. The van der Waals surface area contributed by atoms with Crippen molar-refractivity contribution in [3.05, 3.63) is 41.1 Å². The highest BCUT2D eigenvalue weighted by molar-refractivity contribution is 5.39. The van der Waals surface area contributed by atoms with E-state index < -0.39 is 0 Å². The summed E-state index contributed by atoms with van der Waals surface area (Å²) >= 11 is 0. The molecule has 24 heavy (non-hydrogen) atoms. The first kappa shape index (κ1) is 15.6. The van der Waals surface area contributed by atoms with Crippen molar-refractivity contribution in [3.8, 4) is 0 Å². The lowest BCUT2D eigenvalue weighted by atomic mass is 10.0. The third-order valence-corrected chi connectivity index (χ3v) is 5.31. The fraction of sp³-hybridized carbons (Fsp3) is 0.579.